The molecule has 1 aliphatic heterocycles. The van der Waals surface area contributed by atoms with Crippen molar-refractivity contribution in [1.29, 1.82) is 0 Å². The van der Waals surface area contributed by atoms with E-state index in [0.29, 0.717) is 23.4 Å². The predicted octanol–water partition coefficient (Wildman–Crippen LogP) is 5.37. The Kier molecular flexibility index (Phi) is 9.32. The minimum atomic E-state index is -0.266. The molecule has 1 amide bonds. The molecule has 0 radical (unpaired) electrons. The Bertz CT molecular complexity index is 956. The molecule has 33 heavy (non-hydrogen) atoms. The number of carbonyl (C=O) groups is 1. The molecule has 1 aliphatic rings. The fourth-order valence-electron chi connectivity index (χ4n) is 3.95. The summed E-state index contributed by atoms with van der Waals surface area (Å²) < 4.78 is 11.7. The van der Waals surface area contributed by atoms with Gasteiger partial charge in [-0.3, -0.25) is 9.69 Å². The molecule has 0 saturated carbocycles. The number of carbonyl (C=O) groups excluding carboxylic acids is 1. The number of halogens is 1. The molecular formula is C25H33ClN2O4S. The average Bonchev–Trinajstić information content (AvgIpc) is 3.17. The first kappa shape index (κ1) is 25.7. The number of amides is 1. The molecule has 1 atom stereocenters. The van der Waals surface area contributed by atoms with E-state index in [9.17, 15) is 4.79 Å². The van der Waals surface area contributed by atoms with Crippen LogP contribution in [-0.4, -0.2) is 55.4 Å². The fourth-order valence-corrected chi connectivity index (χ4v) is 5.59. The van der Waals surface area contributed by atoms with E-state index in [-0.39, 0.29) is 17.9 Å². The number of fused-ring (bicyclic) bond motifs is 1. The van der Waals surface area contributed by atoms with Gasteiger partial charge in [-0.15, -0.1) is 0 Å². The number of hydrogen-bond acceptors (Lipinski definition) is 6. The maximum Gasteiger partial charge on any atom is 0.225 e. The minimum Gasteiger partial charge on any atom is -0.497 e. The van der Waals surface area contributed by atoms with Gasteiger partial charge in [0.1, 0.15) is 16.9 Å². The van der Waals surface area contributed by atoms with Crippen LogP contribution in [0.4, 0.5) is 5.69 Å². The van der Waals surface area contributed by atoms with E-state index in [1.807, 2.05) is 30.3 Å². The molecule has 3 rings (SSSR count). The summed E-state index contributed by atoms with van der Waals surface area (Å²) in [5.41, 5.74) is 1.75. The summed E-state index contributed by atoms with van der Waals surface area (Å²) in [6.07, 6.45) is 1.63. The molecule has 0 aromatic heterocycles. The highest BCUT2D eigenvalue weighted by Gasteiger charge is 2.36. The molecular weight excluding hydrogens is 460 g/mol. The lowest BCUT2D eigenvalue weighted by molar-refractivity contribution is -0.116. The zero-order valence-corrected chi connectivity index (χ0v) is 21.3. The average molecular weight is 493 g/mol. The van der Waals surface area contributed by atoms with E-state index in [4.69, 9.17) is 26.2 Å². The molecule has 0 fully saturated rings. The summed E-state index contributed by atoms with van der Waals surface area (Å²) in [6, 6.07) is 11.7. The minimum absolute atomic E-state index is 0.0428. The Morgan fingerprint density at radius 3 is 2.64 bits per heavy atom. The van der Waals surface area contributed by atoms with Crippen molar-refractivity contribution < 1.29 is 19.4 Å². The van der Waals surface area contributed by atoms with Crippen molar-refractivity contribution in [2.45, 2.75) is 49.9 Å². The van der Waals surface area contributed by atoms with Crippen LogP contribution in [0.25, 0.3) is 0 Å². The highest BCUT2D eigenvalue weighted by molar-refractivity contribution is 8.00. The largest absolute Gasteiger partial charge is 0.497 e. The van der Waals surface area contributed by atoms with Crippen LogP contribution in [0.15, 0.2) is 41.3 Å². The number of aliphatic hydroxyl groups excluding tert-OH is 1. The third kappa shape index (κ3) is 6.35. The second-order valence-electron chi connectivity index (χ2n) is 8.28. The molecule has 8 heteroatoms. The van der Waals surface area contributed by atoms with Gasteiger partial charge in [0.05, 0.1) is 19.4 Å². The van der Waals surface area contributed by atoms with Gasteiger partial charge in [-0.2, -0.15) is 0 Å². The third-order valence-electron chi connectivity index (χ3n) is 5.66. The van der Waals surface area contributed by atoms with Crippen molar-refractivity contribution in [3.63, 3.8) is 0 Å². The monoisotopic (exact) mass is 492 g/mol. The normalized spacial score (nSPS) is 15.3. The lowest BCUT2D eigenvalue weighted by atomic mass is 10.1. The number of benzene rings is 2. The molecule has 1 heterocycles. The van der Waals surface area contributed by atoms with Gasteiger partial charge in [0.25, 0.3) is 0 Å². The van der Waals surface area contributed by atoms with E-state index < -0.39 is 0 Å². The van der Waals surface area contributed by atoms with Crippen molar-refractivity contribution in [2.24, 2.45) is 0 Å². The maximum atomic E-state index is 12.6. The lowest BCUT2D eigenvalue weighted by Crippen LogP contribution is -2.34. The zero-order valence-electron chi connectivity index (χ0n) is 19.7. The summed E-state index contributed by atoms with van der Waals surface area (Å²) in [5, 5.41) is 9.51. The molecule has 0 spiro atoms. The summed E-state index contributed by atoms with van der Waals surface area (Å²) in [5.74, 6) is 1.41. The van der Waals surface area contributed by atoms with Gasteiger partial charge in [-0.05, 0) is 63.1 Å². The Hall–Kier alpha value is -1.93. The van der Waals surface area contributed by atoms with Crippen molar-refractivity contribution in [1.82, 2.24) is 4.90 Å². The van der Waals surface area contributed by atoms with Crippen LogP contribution in [0.2, 0.25) is 5.02 Å². The van der Waals surface area contributed by atoms with Gasteiger partial charge >= 0.3 is 0 Å². The zero-order chi connectivity index (χ0) is 24.0. The van der Waals surface area contributed by atoms with Crippen molar-refractivity contribution >= 4 is 35.0 Å². The molecule has 2 aromatic rings. The molecule has 0 aliphatic carbocycles. The van der Waals surface area contributed by atoms with Crippen LogP contribution in [0.3, 0.4) is 0 Å². The molecule has 0 bridgehead atoms. The Morgan fingerprint density at radius 1 is 1.21 bits per heavy atom. The lowest BCUT2D eigenvalue weighted by Gasteiger charge is -2.27. The van der Waals surface area contributed by atoms with E-state index in [1.165, 1.54) is 0 Å². The van der Waals surface area contributed by atoms with Crippen molar-refractivity contribution in [2.75, 3.05) is 38.3 Å². The van der Waals surface area contributed by atoms with Crippen LogP contribution in [0, 0.1) is 0 Å². The SMILES string of the molecule is COc1ccc(OCCCN(CCCO)C(C)C)c(C2Sc3cc(Cl)ccc3N2C(C)=O)c1. The summed E-state index contributed by atoms with van der Waals surface area (Å²) in [6.45, 7) is 8.42. The van der Waals surface area contributed by atoms with Crippen LogP contribution < -0.4 is 14.4 Å². The first-order valence-electron chi connectivity index (χ1n) is 11.3. The first-order valence-corrected chi connectivity index (χ1v) is 12.5. The number of hydrogen-bond donors (Lipinski definition) is 1. The molecule has 1 N–H and O–H groups in total. The Labute approximate surface area is 205 Å². The Balaban J connectivity index is 1.78. The third-order valence-corrected chi connectivity index (χ3v) is 7.16. The number of methoxy groups -OCH3 is 1. The van der Waals surface area contributed by atoms with Gasteiger partial charge in [-0.25, -0.2) is 0 Å². The van der Waals surface area contributed by atoms with Crippen molar-refractivity contribution in [3.05, 3.63) is 47.0 Å². The topological polar surface area (TPSA) is 62.2 Å². The second kappa shape index (κ2) is 12.0. The van der Waals surface area contributed by atoms with E-state index in [2.05, 4.69) is 18.7 Å². The standard InChI is InChI=1S/C25H33ClN2O4S/c1-17(2)27(11-5-13-29)12-6-14-32-23-10-8-20(31-4)16-21(23)25-28(18(3)30)22-9-7-19(26)15-24(22)33-25/h7-10,15-17,25,29H,5-6,11-14H2,1-4H3. The van der Waals surface area contributed by atoms with Gasteiger partial charge in [0, 0.05) is 48.1 Å². The van der Waals surface area contributed by atoms with E-state index in [1.54, 1.807) is 36.8 Å². The molecule has 6 nitrogen and oxygen atoms in total. The molecule has 180 valence electrons. The summed E-state index contributed by atoms with van der Waals surface area (Å²) in [4.78, 5) is 17.7. The number of thioether (sulfide) groups is 1. The van der Waals surface area contributed by atoms with Gasteiger partial charge in [-0.1, -0.05) is 23.4 Å². The van der Waals surface area contributed by atoms with Gasteiger partial charge in [0.2, 0.25) is 5.91 Å². The summed E-state index contributed by atoms with van der Waals surface area (Å²) >= 11 is 7.79. The number of rotatable bonds is 11. The van der Waals surface area contributed by atoms with Crippen LogP contribution >= 0.6 is 23.4 Å². The molecule has 2 aromatic carbocycles. The van der Waals surface area contributed by atoms with E-state index >= 15 is 0 Å². The van der Waals surface area contributed by atoms with Crippen LogP contribution in [-0.2, 0) is 4.79 Å². The quantitative estimate of drug-likeness (QED) is 0.425. The second-order valence-corrected chi connectivity index (χ2v) is 9.84. The highest BCUT2D eigenvalue weighted by Crippen LogP contribution is 2.54. The first-order chi connectivity index (χ1) is 15.8. The van der Waals surface area contributed by atoms with Crippen LogP contribution in [0.5, 0.6) is 11.5 Å². The number of nitrogens with zero attached hydrogens (tertiary/aromatic N) is 2. The van der Waals surface area contributed by atoms with Gasteiger partial charge in [0.15, 0.2) is 0 Å². The highest BCUT2D eigenvalue weighted by atomic mass is 35.5. The van der Waals surface area contributed by atoms with Crippen molar-refractivity contribution in [3.8, 4) is 11.5 Å². The molecule has 0 saturated heterocycles. The molecule has 1 unspecified atom stereocenters. The maximum absolute atomic E-state index is 12.6. The smallest absolute Gasteiger partial charge is 0.225 e. The summed E-state index contributed by atoms with van der Waals surface area (Å²) in [7, 11) is 1.63. The number of anilines is 1. The Morgan fingerprint density at radius 2 is 1.97 bits per heavy atom. The fraction of sp³-hybridized carbons (Fsp3) is 0.480. The number of aliphatic hydroxyl groups is 1. The van der Waals surface area contributed by atoms with Gasteiger partial charge < -0.3 is 19.5 Å². The van der Waals surface area contributed by atoms with E-state index in [0.717, 1.165) is 47.8 Å². The van der Waals surface area contributed by atoms with Crippen LogP contribution in [0.1, 0.15) is 44.6 Å². The number of ether oxygens (including phenoxy) is 2. The predicted molar refractivity (Wildman–Crippen MR) is 135 cm³/mol.